The van der Waals surface area contributed by atoms with E-state index in [1.807, 2.05) is 6.07 Å². The maximum atomic E-state index is 12.5. The second-order valence-electron chi connectivity index (χ2n) is 6.39. The first-order chi connectivity index (χ1) is 13.4. The number of anilines is 1. The van der Waals surface area contributed by atoms with E-state index in [-0.39, 0.29) is 10.8 Å². The first-order valence-corrected chi connectivity index (χ1v) is 11.2. The third kappa shape index (κ3) is 4.70. The summed E-state index contributed by atoms with van der Waals surface area (Å²) in [6.45, 7) is 2.83. The van der Waals surface area contributed by atoms with Crippen LogP contribution in [0, 0.1) is 11.3 Å². The van der Waals surface area contributed by atoms with Crippen LogP contribution in [0.4, 0.5) is 5.69 Å². The number of hydrogen-bond donors (Lipinski definition) is 1. The number of pyridine rings is 1. The predicted molar refractivity (Wildman–Crippen MR) is 107 cm³/mol. The van der Waals surface area contributed by atoms with Crippen molar-refractivity contribution in [3.8, 4) is 6.07 Å². The van der Waals surface area contributed by atoms with Gasteiger partial charge in [0.25, 0.3) is 0 Å². The molecule has 1 aliphatic rings. The summed E-state index contributed by atoms with van der Waals surface area (Å²) in [5.74, 6) is -0.226. The molecular weight excluding hydrogens is 396 g/mol. The van der Waals surface area contributed by atoms with E-state index in [1.165, 1.54) is 28.3 Å². The van der Waals surface area contributed by atoms with E-state index in [4.69, 9.17) is 5.26 Å². The van der Waals surface area contributed by atoms with Crippen LogP contribution in [0.15, 0.2) is 52.5 Å². The molecule has 0 saturated carbocycles. The van der Waals surface area contributed by atoms with Crippen LogP contribution in [-0.4, -0.2) is 42.0 Å². The first-order valence-electron chi connectivity index (χ1n) is 8.84. The molecule has 9 heteroatoms. The number of carbonyl (C=O) groups excluding carboxylic acids is 1. The third-order valence-electron chi connectivity index (χ3n) is 4.34. The molecule has 7 nitrogen and oxygen atoms in total. The summed E-state index contributed by atoms with van der Waals surface area (Å²) in [5.41, 5.74) is 1.02. The fraction of sp³-hybridized carbons (Fsp3) is 0.316. The topological polar surface area (TPSA) is 103 Å². The zero-order valence-corrected chi connectivity index (χ0v) is 17.0. The van der Waals surface area contributed by atoms with Gasteiger partial charge in [-0.3, -0.25) is 4.79 Å². The maximum Gasteiger partial charge on any atom is 0.244 e. The summed E-state index contributed by atoms with van der Waals surface area (Å²) in [4.78, 5) is 16.7. The molecule has 0 radical (unpaired) electrons. The van der Waals surface area contributed by atoms with Crippen molar-refractivity contribution >= 4 is 33.4 Å². The van der Waals surface area contributed by atoms with Crippen LogP contribution in [0.5, 0.6) is 0 Å². The molecule has 1 atom stereocenters. The monoisotopic (exact) mass is 416 g/mol. The smallest absolute Gasteiger partial charge is 0.244 e. The molecule has 2 heterocycles. The van der Waals surface area contributed by atoms with Gasteiger partial charge in [-0.05, 0) is 50.1 Å². The number of hydrogen-bond acceptors (Lipinski definition) is 6. The molecule has 1 amide bonds. The van der Waals surface area contributed by atoms with Crippen LogP contribution >= 0.6 is 11.8 Å². The standard InChI is InChI=1S/C19H20N4O3S2/c1-14(19(24)22-16-6-4-5-15(11-16)12-20)27-18-8-7-17(13-21-18)28(25,26)23-9-2-3-10-23/h4-8,11,13-14H,2-3,9-10H2,1H3,(H,22,24)/t14-/m0/s1. The predicted octanol–water partition coefficient (Wildman–Crippen LogP) is 2.86. The summed E-state index contributed by atoms with van der Waals surface area (Å²) in [6, 6.07) is 11.9. The van der Waals surface area contributed by atoms with E-state index in [9.17, 15) is 13.2 Å². The van der Waals surface area contributed by atoms with Crippen molar-refractivity contribution in [2.24, 2.45) is 0 Å². The SMILES string of the molecule is C[C@H](Sc1ccc(S(=O)(=O)N2CCCC2)cn1)C(=O)Nc1cccc(C#N)c1. The van der Waals surface area contributed by atoms with E-state index in [2.05, 4.69) is 10.3 Å². The maximum absolute atomic E-state index is 12.5. The minimum absolute atomic E-state index is 0.171. The number of nitriles is 1. The molecular formula is C19H20N4O3S2. The Balaban J connectivity index is 1.63. The van der Waals surface area contributed by atoms with Crippen LogP contribution in [0.2, 0.25) is 0 Å². The highest BCUT2D eigenvalue weighted by molar-refractivity contribution is 8.00. The minimum atomic E-state index is -3.49. The van der Waals surface area contributed by atoms with Gasteiger partial charge in [0.05, 0.1) is 21.9 Å². The van der Waals surface area contributed by atoms with Gasteiger partial charge in [0.15, 0.2) is 0 Å². The van der Waals surface area contributed by atoms with E-state index >= 15 is 0 Å². The lowest BCUT2D eigenvalue weighted by atomic mass is 10.2. The summed E-state index contributed by atoms with van der Waals surface area (Å²) in [5, 5.41) is 11.8. The van der Waals surface area contributed by atoms with Crippen molar-refractivity contribution in [3.05, 3.63) is 48.2 Å². The molecule has 1 N–H and O–H groups in total. The number of amides is 1. The molecule has 0 bridgehead atoms. The number of carbonyl (C=O) groups is 1. The molecule has 3 rings (SSSR count). The van der Waals surface area contributed by atoms with Gasteiger partial charge >= 0.3 is 0 Å². The number of sulfonamides is 1. The van der Waals surface area contributed by atoms with Crippen LogP contribution in [0.25, 0.3) is 0 Å². The lowest BCUT2D eigenvalue weighted by molar-refractivity contribution is -0.115. The lowest BCUT2D eigenvalue weighted by Gasteiger charge is -2.15. The largest absolute Gasteiger partial charge is 0.325 e. The molecule has 2 aromatic rings. The number of rotatable bonds is 6. The number of benzene rings is 1. The number of aromatic nitrogens is 1. The highest BCUT2D eigenvalue weighted by Gasteiger charge is 2.27. The van der Waals surface area contributed by atoms with Crippen LogP contribution in [0.3, 0.4) is 0 Å². The second-order valence-corrected chi connectivity index (χ2v) is 9.68. The molecule has 0 spiro atoms. The Hall–Kier alpha value is -2.41. The van der Waals surface area contributed by atoms with E-state index in [1.54, 1.807) is 37.3 Å². The number of thioether (sulfide) groups is 1. The van der Waals surface area contributed by atoms with Crippen LogP contribution in [-0.2, 0) is 14.8 Å². The lowest BCUT2D eigenvalue weighted by Crippen LogP contribution is -2.28. The highest BCUT2D eigenvalue weighted by atomic mass is 32.2. The highest BCUT2D eigenvalue weighted by Crippen LogP contribution is 2.25. The molecule has 1 fully saturated rings. The average Bonchev–Trinajstić information content (AvgIpc) is 3.24. The molecule has 28 heavy (non-hydrogen) atoms. The van der Waals surface area contributed by atoms with Crippen molar-refractivity contribution < 1.29 is 13.2 Å². The van der Waals surface area contributed by atoms with Gasteiger partial charge in [0, 0.05) is 25.0 Å². The fourth-order valence-electron chi connectivity index (χ4n) is 2.81. The van der Waals surface area contributed by atoms with Crippen molar-refractivity contribution in [2.75, 3.05) is 18.4 Å². The van der Waals surface area contributed by atoms with Gasteiger partial charge < -0.3 is 5.32 Å². The summed E-state index contributed by atoms with van der Waals surface area (Å²) in [6.07, 6.45) is 3.10. The van der Waals surface area contributed by atoms with Crippen molar-refractivity contribution in [1.82, 2.24) is 9.29 Å². The zero-order valence-electron chi connectivity index (χ0n) is 15.3. The summed E-state index contributed by atoms with van der Waals surface area (Å²) < 4.78 is 26.5. The first kappa shape index (κ1) is 20.3. The number of nitrogens with one attached hydrogen (secondary N) is 1. The fourth-order valence-corrected chi connectivity index (χ4v) is 5.06. The van der Waals surface area contributed by atoms with Gasteiger partial charge in [-0.25, -0.2) is 13.4 Å². The van der Waals surface area contributed by atoms with Crippen molar-refractivity contribution in [2.45, 2.75) is 34.9 Å². The molecule has 1 saturated heterocycles. The molecule has 1 aromatic heterocycles. The Bertz CT molecular complexity index is 995. The van der Waals surface area contributed by atoms with Gasteiger partial charge in [-0.15, -0.1) is 0 Å². The van der Waals surface area contributed by atoms with Gasteiger partial charge in [-0.2, -0.15) is 9.57 Å². The van der Waals surface area contributed by atoms with Crippen molar-refractivity contribution in [1.29, 1.82) is 5.26 Å². The summed E-state index contributed by atoms with van der Waals surface area (Å²) in [7, 11) is -3.49. The number of nitrogens with zero attached hydrogens (tertiary/aromatic N) is 3. The normalized spacial score (nSPS) is 15.7. The zero-order chi connectivity index (χ0) is 20.1. The van der Waals surface area contributed by atoms with Gasteiger partial charge in [-0.1, -0.05) is 17.8 Å². The Labute approximate surface area is 168 Å². The Morgan fingerprint density at radius 2 is 2.04 bits per heavy atom. The van der Waals surface area contributed by atoms with Crippen LogP contribution in [0.1, 0.15) is 25.3 Å². The second kappa shape index (κ2) is 8.73. The Morgan fingerprint density at radius 3 is 2.68 bits per heavy atom. The summed E-state index contributed by atoms with van der Waals surface area (Å²) >= 11 is 1.24. The average molecular weight is 417 g/mol. The molecule has 0 unspecified atom stereocenters. The van der Waals surface area contributed by atoms with Gasteiger partial charge in [0.1, 0.15) is 4.90 Å². The van der Waals surface area contributed by atoms with Crippen LogP contribution < -0.4 is 5.32 Å². The minimum Gasteiger partial charge on any atom is -0.325 e. The van der Waals surface area contributed by atoms with Crippen molar-refractivity contribution in [3.63, 3.8) is 0 Å². The molecule has 1 aliphatic heterocycles. The van der Waals surface area contributed by atoms with E-state index in [0.717, 1.165) is 12.8 Å². The Kier molecular flexibility index (Phi) is 6.34. The van der Waals surface area contributed by atoms with E-state index < -0.39 is 15.3 Å². The van der Waals surface area contributed by atoms with Gasteiger partial charge in [0.2, 0.25) is 15.9 Å². The van der Waals surface area contributed by atoms with E-state index in [0.29, 0.717) is 29.4 Å². The molecule has 0 aliphatic carbocycles. The quantitative estimate of drug-likeness (QED) is 0.726. The molecule has 146 valence electrons. The third-order valence-corrected chi connectivity index (χ3v) is 7.27. The molecule has 1 aromatic carbocycles. The Morgan fingerprint density at radius 1 is 1.29 bits per heavy atom.